The second-order valence-electron chi connectivity index (χ2n) is 7.06. The lowest BCUT2D eigenvalue weighted by molar-refractivity contribution is -0.117. The average molecular weight is 364 g/mol. The van der Waals surface area contributed by atoms with E-state index in [0.29, 0.717) is 6.54 Å². The van der Waals surface area contributed by atoms with E-state index in [4.69, 9.17) is 4.52 Å². The molecule has 140 valence electrons. The van der Waals surface area contributed by atoms with Gasteiger partial charge in [-0.15, -0.1) is 0 Å². The lowest BCUT2D eigenvalue weighted by atomic mass is 10.1. The van der Waals surface area contributed by atoms with Crippen molar-refractivity contribution >= 4 is 22.4 Å². The van der Waals surface area contributed by atoms with Gasteiger partial charge in [0.1, 0.15) is 5.76 Å². The van der Waals surface area contributed by atoms with Gasteiger partial charge in [-0.25, -0.2) is 0 Å². The minimum atomic E-state index is 0.0342. The van der Waals surface area contributed by atoms with Crippen LogP contribution in [0.5, 0.6) is 0 Å². The van der Waals surface area contributed by atoms with Crippen molar-refractivity contribution in [1.82, 2.24) is 15.0 Å². The molecule has 1 saturated heterocycles. The number of fused-ring (bicyclic) bond motifs is 1. The molecule has 0 saturated carbocycles. The van der Waals surface area contributed by atoms with Crippen LogP contribution in [-0.2, 0) is 11.3 Å². The van der Waals surface area contributed by atoms with Crippen LogP contribution in [0, 0.1) is 6.92 Å². The van der Waals surface area contributed by atoms with Gasteiger partial charge in [0.15, 0.2) is 0 Å². The molecule has 1 amide bonds. The summed E-state index contributed by atoms with van der Waals surface area (Å²) in [7, 11) is 0. The number of nitrogens with one attached hydrogen (secondary N) is 1. The highest BCUT2D eigenvalue weighted by Gasteiger charge is 2.20. The van der Waals surface area contributed by atoms with Crippen molar-refractivity contribution in [2.24, 2.45) is 0 Å². The summed E-state index contributed by atoms with van der Waals surface area (Å²) in [5, 5.41) is 9.33. The minimum Gasteiger partial charge on any atom is -0.361 e. The first kappa shape index (κ1) is 17.7. The Morgan fingerprint density at radius 3 is 2.59 bits per heavy atom. The molecule has 2 heterocycles. The van der Waals surface area contributed by atoms with E-state index in [9.17, 15) is 4.79 Å². The Bertz CT molecular complexity index is 923. The van der Waals surface area contributed by atoms with Gasteiger partial charge >= 0.3 is 0 Å². The maximum Gasteiger partial charge on any atom is 0.238 e. The van der Waals surface area contributed by atoms with Crippen molar-refractivity contribution in [3.8, 4) is 0 Å². The molecule has 1 aliphatic heterocycles. The van der Waals surface area contributed by atoms with E-state index in [1.807, 2.05) is 43.3 Å². The smallest absolute Gasteiger partial charge is 0.238 e. The predicted octanol–water partition coefficient (Wildman–Crippen LogP) is 2.89. The van der Waals surface area contributed by atoms with E-state index in [-0.39, 0.29) is 5.91 Å². The number of carbonyl (C=O) groups is 1. The number of benzene rings is 2. The van der Waals surface area contributed by atoms with E-state index in [1.165, 1.54) is 0 Å². The quantitative estimate of drug-likeness (QED) is 0.754. The maximum atomic E-state index is 12.5. The highest BCUT2D eigenvalue weighted by atomic mass is 16.5. The molecule has 1 N–H and O–H groups in total. The number of aromatic nitrogens is 1. The molecule has 6 nitrogen and oxygen atoms in total. The third kappa shape index (κ3) is 4.35. The molecule has 0 atom stereocenters. The Labute approximate surface area is 158 Å². The molecular formula is C21H24N4O2. The first-order valence-electron chi connectivity index (χ1n) is 9.32. The van der Waals surface area contributed by atoms with Crippen LogP contribution in [-0.4, -0.2) is 53.6 Å². The van der Waals surface area contributed by atoms with Crippen molar-refractivity contribution in [2.75, 3.05) is 38.0 Å². The molecular weight excluding hydrogens is 340 g/mol. The number of hydrogen-bond acceptors (Lipinski definition) is 5. The van der Waals surface area contributed by atoms with Crippen molar-refractivity contribution in [3.63, 3.8) is 0 Å². The highest BCUT2D eigenvalue weighted by Crippen LogP contribution is 2.22. The molecule has 1 aliphatic rings. The van der Waals surface area contributed by atoms with E-state index in [1.54, 1.807) is 0 Å². The van der Waals surface area contributed by atoms with E-state index < -0.39 is 0 Å². The molecule has 1 fully saturated rings. The van der Waals surface area contributed by atoms with Gasteiger partial charge in [-0.1, -0.05) is 41.6 Å². The molecule has 6 heteroatoms. The van der Waals surface area contributed by atoms with Crippen molar-refractivity contribution in [2.45, 2.75) is 13.5 Å². The Kier molecular flexibility index (Phi) is 5.18. The summed E-state index contributed by atoms with van der Waals surface area (Å²) in [6.45, 7) is 6.72. The van der Waals surface area contributed by atoms with Gasteiger partial charge in [-0.3, -0.25) is 14.6 Å². The van der Waals surface area contributed by atoms with Crippen molar-refractivity contribution in [3.05, 3.63) is 60.0 Å². The first-order valence-corrected chi connectivity index (χ1v) is 9.32. The lowest BCUT2D eigenvalue weighted by Crippen LogP contribution is -2.48. The summed E-state index contributed by atoms with van der Waals surface area (Å²) in [5.74, 6) is 0.876. The summed E-state index contributed by atoms with van der Waals surface area (Å²) in [4.78, 5) is 17.1. The Hall–Kier alpha value is -2.70. The fourth-order valence-electron chi connectivity index (χ4n) is 3.55. The van der Waals surface area contributed by atoms with Gasteiger partial charge < -0.3 is 9.84 Å². The summed E-state index contributed by atoms with van der Waals surface area (Å²) in [6, 6.07) is 16.1. The molecule has 0 unspecified atom stereocenters. The largest absolute Gasteiger partial charge is 0.361 e. The number of piperazine rings is 1. The first-order chi connectivity index (χ1) is 13.2. The van der Waals surface area contributed by atoms with Crippen LogP contribution in [0.1, 0.15) is 11.5 Å². The van der Waals surface area contributed by atoms with Crippen LogP contribution >= 0.6 is 0 Å². The van der Waals surface area contributed by atoms with Crippen LogP contribution in [0.3, 0.4) is 0 Å². The highest BCUT2D eigenvalue weighted by molar-refractivity contribution is 6.02. The van der Waals surface area contributed by atoms with Gasteiger partial charge in [0.05, 0.1) is 12.2 Å². The topological polar surface area (TPSA) is 61.6 Å². The number of nitrogens with zero attached hydrogens (tertiary/aromatic N) is 3. The zero-order valence-corrected chi connectivity index (χ0v) is 15.5. The zero-order chi connectivity index (χ0) is 18.6. The average Bonchev–Trinajstić information content (AvgIpc) is 3.08. The van der Waals surface area contributed by atoms with Crippen LogP contribution in [0.2, 0.25) is 0 Å². The Morgan fingerprint density at radius 2 is 1.81 bits per heavy atom. The van der Waals surface area contributed by atoms with E-state index in [0.717, 1.165) is 60.6 Å². The van der Waals surface area contributed by atoms with Crippen LogP contribution in [0.25, 0.3) is 10.8 Å². The van der Waals surface area contributed by atoms with Crippen LogP contribution < -0.4 is 5.32 Å². The summed E-state index contributed by atoms with van der Waals surface area (Å²) in [6.07, 6.45) is 0. The van der Waals surface area contributed by atoms with Gasteiger partial charge in [-0.05, 0) is 18.4 Å². The molecule has 0 aliphatic carbocycles. The monoisotopic (exact) mass is 364 g/mol. The predicted molar refractivity (Wildman–Crippen MR) is 106 cm³/mol. The SMILES string of the molecule is Cc1cc(CN2CCN(CC(=O)Nc3cccc4ccccc34)CC2)no1. The lowest BCUT2D eigenvalue weighted by Gasteiger charge is -2.33. The number of carbonyl (C=O) groups excluding carboxylic acids is 1. The molecule has 3 aromatic rings. The molecule has 0 spiro atoms. The molecule has 1 aromatic heterocycles. The third-order valence-electron chi connectivity index (χ3n) is 4.96. The van der Waals surface area contributed by atoms with Gasteiger partial charge in [0.2, 0.25) is 5.91 Å². The van der Waals surface area contributed by atoms with Crippen LogP contribution in [0.4, 0.5) is 5.69 Å². The van der Waals surface area contributed by atoms with Gasteiger partial charge in [-0.2, -0.15) is 0 Å². The maximum absolute atomic E-state index is 12.5. The molecule has 0 radical (unpaired) electrons. The van der Waals surface area contributed by atoms with E-state index >= 15 is 0 Å². The summed E-state index contributed by atoms with van der Waals surface area (Å²) < 4.78 is 5.13. The van der Waals surface area contributed by atoms with Crippen molar-refractivity contribution in [1.29, 1.82) is 0 Å². The van der Waals surface area contributed by atoms with Gasteiger partial charge in [0.25, 0.3) is 0 Å². The number of aryl methyl sites for hydroxylation is 1. The molecule has 4 rings (SSSR count). The molecule has 2 aromatic carbocycles. The second-order valence-corrected chi connectivity index (χ2v) is 7.06. The fourth-order valence-corrected chi connectivity index (χ4v) is 3.55. The second kappa shape index (κ2) is 7.90. The summed E-state index contributed by atoms with van der Waals surface area (Å²) >= 11 is 0. The zero-order valence-electron chi connectivity index (χ0n) is 15.5. The van der Waals surface area contributed by atoms with Crippen molar-refractivity contribution < 1.29 is 9.32 Å². The summed E-state index contributed by atoms with van der Waals surface area (Å²) in [5.41, 5.74) is 1.84. The van der Waals surface area contributed by atoms with E-state index in [2.05, 4.69) is 32.4 Å². The third-order valence-corrected chi connectivity index (χ3v) is 4.96. The fraction of sp³-hybridized carbons (Fsp3) is 0.333. The number of hydrogen-bond donors (Lipinski definition) is 1. The van der Waals surface area contributed by atoms with Gasteiger partial charge in [0, 0.05) is 49.9 Å². The normalized spacial score (nSPS) is 15.9. The minimum absolute atomic E-state index is 0.0342. The Balaban J connectivity index is 1.29. The number of amides is 1. The molecule has 0 bridgehead atoms. The molecule has 27 heavy (non-hydrogen) atoms. The standard InChI is InChI=1S/C21H24N4O2/c1-16-13-18(23-27-16)14-24-9-11-25(12-10-24)15-21(26)22-20-8-4-6-17-5-2-3-7-19(17)20/h2-8,13H,9-12,14-15H2,1H3,(H,22,26). The number of rotatable bonds is 5. The van der Waals surface area contributed by atoms with Crippen LogP contribution in [0.15, 0.2) is 53.1 Å². The number of anilines is 1. The Morgan fingerprint density at radius 1 is 1.07 bits per heavy atom.